The Balaban J connectivity index is 3.38. The highest BCUT2D eigenvalue weighted by molar-refractivity contribution is 5.76. The summed E-state index contributed by atoms with van der Waals surface area (Å²) in [6, 6.07) is 0.736. The molecule has 1 aromatic rings. The summed E-state index contributed by atoms with van der Waals surface area (Å²) in [5.41, 5.74) is 4.32. The van der Waals surface area contributed by atoms with Gasteiger partial charge in [-0.2, -0.15) is 0 Å². The molecule has 1 atom stereocenters. The zero-order chi connectivity index (χ0) is 13.4. The lowest BCUT2D eigenvalue weighted by atomic mass is 9.77. The number of benzene rings is 1. The van der Waals surface area contributed by atoms with E-state index in [1.54, 1.807) is 0 Å². The molecule has 0 saturated carbocycles. The van der Waals surface area contributed by atoms with Crippen LogP contribution >= 0.6 is 0 Å². The number of hydrogen-bond acceptors (Lipinski definition) is 5. The molecule has 0 aliphatic heterocycles. The van der Waals surface area contributed by atoms with Crippen LogP contribution in [0, 0.1) is 0 Å². The second kappa shape index (κ2) is 4.14. The molecular formula is C11H15NO5. The number of hydrogen-bond donors (Lipinski definition) is 5. The van der Waals surface area contributed by atoms with E-state index in [9.17, 15) is 15.0 Å². The minimum absolute atomic E-state index is 0.00907. The maximum atomic E-state index is 10.9. The molecule has 0 aromatic heterocycles. The normalized spacial score (nSPS) is 13.4. The lowest BCUT2D eigenvalue weighted by molar-refractivity contribution is -0.140. The molecular weight excluding hydrogens is 226 g/mol. The number of rotatable bonds is 3. The standard InChI is InChI=1S/C11H15NO5/c1-11(2,9(12)10(16)17)8-6(14)3-5(13)4-7(8)15/h3-4,9,13-15H,12H2,1-2H3,(H,16,17). The number of nitrogens with two attached hydrogens (primary N) is 1. The Morgan fingerprint density at radius 3 is 2.00 bits per heavy atom. The highest BCUT2D eigenvalue weighted by Gasteiger charge is 2.38. The summed E-state index contributed by atoms with van der Waals surface area (Å²) in [6.07, 6.45) is 0. The molecule has 0 amide bonds. The Morgan fingerprint density at radius 2 is 1.65 bits per heavy atom. The molecule has 0 radical (unpaired) electrons. The number of carboxylic acid groups (broad SMARTS) is 1. The van der Waals surface area contributed by atoms with Crippen LogP contribution < -0.4 is 5.73 Å². The van der Waals surface area contributed by atoms with E-state index in [0.717, 1.165) is 12.1 Å². The predicted octanol–water partition coefficient (Wildman–Crippen LogP) is 0.493. The third kappa shape index (κ3) is 2.26. The molecule has 17 heavy (non-hydrogen) atoms. The molecule has 0 aliphatic carbocycles. The topological polar surface area (TPSA) is 124 Å². The first kappa shape index (κ1) is 13.1. The fourth-order valence-electron chi connectivity index (χ4n) is 1.72. The molecule has 1 rings (SSSR count). The number of carbonyl (C=O) groups is 1. The van der Waals surface area contributed by atoms with E-state index in [2.05, 4.69) is 0 Å². The maximum Gasteiger partial charge on any atom is 0.321 e. The summed E-state index contributed by atoms with van der Waals surface area (Å²) in [5.74, 6) is -2.36. The highest BCUT2D eigenvalue weighted by atomic mass is 16.4. The van der Waals surface area contributed by atoms with E-state index >= 15 is 0 Å². The summed E-state index contributed by atoms with van der Waals surface area (Å²) in [4.78, 5) is 10.9. The number of phenols is 3. The second-order valence-corrected chi connectivity index (χ2v) is 4.40. The minimum Gasteiger partial charge on any atom is -0.508 e. The van der Waals surface area contributed by atoms with Crippen LogP contribution in [-0.4, -0.2) is 32.4 Å². The summed E-state index contributed by atoms with van der Waals surface area (Å²) >= 11 is 0. The fraction of sp³-hybridized carbons (Fsp3) is 0.364. The minimum atomic E-state index is -1.30. The predicted molar refractivity (Wildman–Crippen MR) is 60.1 cm³/mol. The molecule has 0 fully saturated rings. The van der Waals surface area contributed by atoms with Crippen LogP contribution in [0.25, 0.3) is 0 Å². The van der Waals surface area contributed by atoms with Crippen molar-refractivity contribution in [1.29, 1.82) is 0 Å². The van der Waals surface area contributed by atoms with Gasteiger partial charge in [0, 0.05) is 23.1 Å². The Bertz CT molecular complexity index is 432. The van der Waals surface area contributed by atoms with Gasteiger partial charge in [-0.1, -0.05) is 13.8 Å². The van der Waals surface area contributed by atoms with Crippen molar-refractivity contribution in [3.8, 4) is 17.2 Å². The lowest BCUT2D eigenvalue weighted by Crippen LogP contribution is -2.46. The Kier molecular flexibility index (Phi) is 3.19. The summed E-state index contributed by atoms with van der Waals surface area (Å²) in [7, 11) is 0. The van der Waals surface area contributed by atoms with Gasteiger partial charge in [-0.05, 0) is 0 Å². The van der Waals surface area contributed by atoms with E-state index < -0.39 is 28.9 Å². The van der Waals surface area contributed by atoms with Crippen molar-refractivity contribution in [2.75, 3.05) is 0 Å². The molecule has 0 spiro atoms. The zero-order valence-electron chi connectivity index (χ0n) is 9.51. The molecule has 0 heterocycles. The van der Waals surface area contributed by atoms with Gasteiger partial charge in [0.05, 0.1) is 0 Å². The van der Waals surface area contributed by atoms with Gasteiger partial charge in [0.15, 0.2) is 0 Å². The molecule has 1 unspecified atom stereocenters. The first-order chi connectivity index (χ1) is 7.67. The average Bonchev–Trinajstić information content (AvgIpc) is 2.13. The van der Waals surface area contributed by atoms with Crippen molar-refractivity contribution < 1.29 is 25.2 Å². The van der Waals surface area contributed by atoms with Gasteiger partial charge in [-0.25, -0.2) is 0 Å². The molecule has 0 bridgehead atoms. The second-order valence-electron chi connectivity index (χ2n) is 4.40. The average molecular weight is 241 g/mol. The zero-order valence-corrected chi connectivity index (χ0v) is 9.51. The van der Waals surface area contributed by atoms with Crippen LogP contribution in [0.5, 0.6) is 17.2 Å². The maximum absolute atomic E-state index is 10.9. The first-order valence-electron chi connectivity index (χ1n) is 4.91. The van der Waals surface area contributed by atoms with Crippen molar-refractivity contribution >= 4 is 5.97 Å². The van der Waals surface area contributed by atoms with Crippen molar-refractivity contribution in [2.24, 2.45) is 5.73 Å². The Hall–Kier alpha value is -1.95. The van der Waals surface area contributed by atoms with Gasteiger partial charge in [0.2, 0.25) is 0 Å². The SMILES string of the molecule is CC(C)(c1c(O)cc(O)cc1O)C(N)C(=O)O. The van der Waals surface area contributed by atoms with E-state index in [1.165, 1.54) is 13.8 Å². The highest BCUT2D eigenvalue weighted by Crippen LogP contribution is 2.41. The summed E-state index contributed by atoms with van der Waals surface area (Å²) in [5, 5.41) is 37.4. The van der Waals surface area contributed by atoms with Gasteiger partial charge in [0.25, 0.3) is 0 Å². The van der Waals surface area contributed by atoms with Gasteiger partial charge in [0.1, 0.15) is 23.3 Å². The Labute approximate surface area is 97.9 Å². The van der Waals surface area contributed by atoms with Crippen molar-refractivity contribution in [3.05, 3.63) is 17.7 Å². The van der Waals surface area contributed by atoms with Gasteiger partial charge >= 0.3 is 5.97 Å². The van der Waals surface area contributed by atoms with E-state index in [-0.39, 0.29) is 11.3 Å². The smallest absolute Gasteiger partial charge is 0.321 e. The molecule has 1 aromatic carbocycles. The number of aliphatic carboxylic acids is 1. The lowest BCUT2D eigenvalue weighted by Gasteiger charge is -2.30. The van der Waals surface area contributed by atoms with Crippen molar-refractivity contribution in [1.82, 2.24) is 0 Å². The molecule has 6 nitrogen and oxygen atoms in total. The summed E-state index contributed by atoms with van der Waals surface area (Å²) < 4.78 is 0. The molecule has 94 valence electrons. The molecule has 6 N–H and O–H groups in total. The van der Waals surface area contributed by atoms with Crippen molar-refractivity contribution in [3.63, 3.8) is 0 Å². The first-order valence-corrected chi connectivity index (χ1v) is 4.91. The number of carboxylic acids is 1. The third-order valence-electron chi connectivity index (χ3n) is 2.77. The molecule has 6 heteroatoms. The van der Waals surface area contributed by atoms with Crippen LogP contribution in [0.3, 0.4) is 0 Å². The van der Waals surface area contributed by atoms with Gasteiger partial charge < -0.3 is 26.2 Å². The van der Waals surface area contributed by atoms with E-state index in [4.69, 9.17) is 15.9 Å². The molecule has 0 saturated heterocycles. The fourth-order valence-corrected chi connectivity index (χ4v) is 1.72. The van der Waals surface area contributed by atoms with Crippen LogP contribution in [-0.2, 0) is 10.2 Å². The van der Waals surface area contributed by atoms with Crippen LogP contribution in [0.15, 0.2) is 12.1 Å². The van der Waals surface area contributed by atoms with E-state index in [0.29, 0.717) is 0 Å². The van der Waals surface area contributed by atoms with Crippen LogP contribution in [0.1, 0.15) is 19.4 Å². The van der Waals surface area contributed by atoms with Crippen LogP contribution in [0.2, 0.25) is 0 Å². The van der Waals surface area contributed by atoms with Gasteiger partial charge in [-0.3, -0.25) is 4.79 Å². The molecule has 0 aliphatic rings. The Morgan fingerprint density at radius 1 is 1.24 bits per heavy atom. The van der Waals surface area contributed by atoms with E-state index in [1.807, 2.05) is 0 Å². The van der Waals surface area contributed by atoms with Crippen LogP contribution in [0.4, 0.5) is 0 Å². The largest absolute Gasteiger partial charge is 0.508 e. The third-order valence-corrected chi connectivity index (χ3v) is 2.77. The monoisotopic (exact) mass is 241 g/mol. The number of phenolic OH excluding ortho intramolecular Hbond substituents is 3. The number of aromatic hydroxyl groups is 3. The quantitative estimate of drug-likeness (QED) is 0.524. The van der Waals surface area contributed by atoms with Crippen molar-refractivity contribution in [2.45, 2.75) is 25.3 Å². The summed E-state index contributed by atoms with van der Waals surface area (Å²) in [6.45, 7) is 2.97. The van der Waals surface area contributed by atoms with Gasteiger partial charge in [-0.15, -0.1) is 0 Å².